The number of fused-ring (bicyclic) bond motifs is 1. The van der Waals surface area contributed by atoms with Crippen LogP contribution in [0.4, 0.5) is 0 Å². The first-order valence-corrected chi connectivity index (χ1v) is 10.1. The molecule has 1 fully saturated rings. The third-order valence-electron chi connectivity index (χ3n) is 5.32. The van der Waals surface area contributed by atoms with Crippen LogP contribution in [0.3, 0.4) is 0 Å². The normalized spacial score (nSPS) is 19.1. The Morgan fingerprint density at radius 1 is 1.25 bits per heavy atom. The predicted octanol–water partition coefficient (Wildman–Crippen LogP) is 2.86. The first-order chi connectivity index (χ1) is 13.6. The Morgan fingerprint density at radius 3 is 2.89 bits per heavy atom. The lowest BCUT2D eigenvalue weighted by Gasteiger charge is -2.18. The summed E-state index contributed by atoms with van der Waals surface area (Å²) in [6, 6.07) is 11.5. The summed E-state index contributed by atoms with van der Waals surface area (Å²) in [5.41, 5.74) is 3.74. The van der Waals surface area contributed by atoms with Crippen LogP contribution >= 0.6 is 11.3 Å². The number of nitrogens with zero attached hydrogens (tertiary/aromatic N) is 2. The summed E-state index contributed by atoms with van der Waals surface area (Å²) in [7, 11) is 0. The molecule has 1 aromatic carbocycles. The molecule has 0 aliphatic heterocycles. The number of benzene rings is 1. The zero-order valence-electron chi connectivity index (χ0n) is 15.5. The van der Waals surface area contributed by atoms with Crippen LogP contribution in [0.25, 0.3) is 11.0 Å². The molecule has 2 atom stereocenters. The lowest BCUT2D eigenvalue weighted by Crippen LogP contribution is -2.43. The van der Waals surface area contributed by atoms with Gasteiger partial charge in [0, 0.05) is 10.9 Å². The summed E-state index contributed by atoms with van der Waals surface area (Å²) in [6.45, 7) is 2.64. The van der Waals surface area contributed by atoms with Gasteiger partial charge in [0.2, 0.25) is 5.91 Å². The highest BCUT2D eigenvalue weighted by Crippen LogP contribution is 2.27. The molecule has 3 aromatic rings. The van der Waals surface area contributed by atoms with Gasteiger partial charge in [-0.15, -0.1) is 11.3 Å². The van der Waals surface area contributed by atoms with E-state index in [1.54, 1.807) is 5.48 Å². The highest BCUT2D eigenvalue weighted by molar-refractivity contribution is 7.14. The molecule has 146 valence electrons. The van der Waals surface area contributed by atoms with E-state index >= 15 is 0 Å². The Kier molecular flexibility index (Phi) is 5.15. The number of carbonyl (C=O) groups is 2. The average molecular weight is 398 g/mol. The van der Waals surface area contributed by atoms with Crippen molar-refractivity contribution in [3.8, 4) is 0 Å². The molecule has 2 aromatic heterocycles. The van der Waals surface area contributed by atoms with E-state index in [1.807, 2.05) is 43.3 Å². The molecule has 8 heteroatoms. The maximum absolute atomic E-state index is 12.6. The standard InChI is InChI=1S/C20H22N4O3S/c1-12-21-16-6-2-3-8-17(16)24(12)11-13-9-10-18(28-13)20(26)22-15-7-4-5-14(15)19(25)23-27/h2-3,6,8-10,14-15,27H,4-5,7,11H2,1H3,(H,22,26)(H,23,25)/t14-,15+/m0/s1. The number of aromatic nitrogens is 2. The van der Waals surface area contributed by atoms with Crippen LogP contribution in [-0.4, -0.2) is 32.6 Å². The summed E-state index contributed by atoms with van der Waals surface area (Å²) in [6.07, 6.45) is 2.26. The fraction of sp³-hybridized carbons (Fsp3) is 0.350. The van der Waals surface area contributed by atoms with E-state index in [0.29, 0.717) is 17.8 Å². The van der Waals surface area contributed by atoms with Gasteiger partial charge in [0.1, 0.15) is 5.82 Å². The smallest absolute Gasteiger partial charge is 0.261 e. The quantitative estimate of drug-likeness (QED) is 0.455. The van der Waals surface area contributed by atoms with Crippen LogP contribution in [0.5, 0.6) is 0 Å². The van der Waals surface area contributed by atoms with Crippen LogP contribution in [0.15, 0.2) is 36.4 Å². The van der Waals surface area contributed by atoms with Crippen molar-refractivity contribution in [3.05, 3.63) is 52.0 Å². The van der Waals surface area contributed by atoms with Crippen molar-refractivity contribution >= 4 is 34.2 Å². The third-order valence-corrected chi connectivity index (χ3v) is 6.39. The van der Waals surface area contributed by atoms with Crippen molar-refractivity contribution in [1.82, 2.24) is 20.3 Å². The molecule has 0 radical (unpaired) electrons. The SMILES string of the molecule is Cc1nc2ccccc2n1Cc1ccc(C(=O)N[C@@H]2CCC[C@@H]2C(=O)NO)s1. The molecule has 0 unspecified atom stereocenters. The second-order valence-electron chi connectivity index (χ2n) is 7.09. The molecule has 1 saturated carbocycles. The van der Waals surface area contributed by atoms with Crippen LogP contribution in [0.2, 0.25) is 0 Å². The Morgan fingerprint density at radius 2 is 2.07 bits per heavy atom. The summed E-state index contributed by atoms with van der Waals surface area (Å²) >= 11 is 1.44. The minimum absolute atomic E-state index is 0.175. The first-order valence-electron chi connectivity index (χ1n) is 9.32. The molecule has 7 nitrogen and oxygen atoms in total. The van der Waals surface area contributed by atoms with Gasteiger partial charge in [-0.05, 0) is 44.0 Å². The van der Waals surface area contributed by atoms with E-state index in [1.165, 1.54) is 11.3 Å². The van der Waals surface area contributed by atoms with Gasteiger partial charge in [-0.3, -0.25) is 14.8 Å². The van der Waals surface area contributed by atoms with Crippen molar-refractivity contribution in [3.63, 3.8) is 0 Å². The number of rotatable bonds is 5. The van der Waals surface area contributed by atoms with Gasteiger partial charge in [0.05, 0.1) is 28.4 Å². The molecule has 2 heterocycles. The number of carbonyl (C=O) groups excluding carboxylic acids is 2. The van der Waals surface area contributed by atoms with Crippen molar-refractivity contribution < 1.29 is 14.8 Å². The van der Waals surface area contributed by atoms with Gasteiger partial charge in [0.15, 0.2) is 0 Å². The van der Waals surface area contributed by atoms with E-state index in [2.05, 4.69) is 14.9 Å². The number of hydrogen-bond acceptors (Lipinski definition) is 5. The van der Waals surface area contributed by atoms with Crippen molar-refractivity contribution in [1.29, 1.82) is 0 Å². The summed E-state index contributed by atoms with van der Waals surface area (Å²) in [5, 5.41) is 11.8. The number of imidazole rings is 1. The number of amides is 2. The number of thiophene rings is 1. The summed E-state index contributed by atoms with van der Waals surface area (Å²) in [5.74, 6) is -0.0546. The largest absolute Gasteiger partial charge is 0.348 e. The van der Waals surface area contributed by atoms with Gasteiger partial charge >= 0.3 is 0 Å². The molecule has 0 spiro atoms. The van der Waals surface area contributed by atoms with Crippen LogP contribution in [-0.2, 0) is 11.3 Å². The zero-order chi connectivity index (χ0) is 19.7. The highest BCUT2D eigenvalue weighted by atomic mass is 32.1. The highest BCUT2D eigenvalue weighted by Gasteiger charge is 2.34. The van der Waals surface area contributed by atoms with Crippen LogP contribution in [0, 0.1) is 12.8 Å². The number of para-hydroxylation sites is 2. The molecule has 28 heavy (non-hydrogen) atoms. The van der Waals surface area contributed by atoms with E-state index < -0.39 is 5.91 Å². The maximum Gasteiger partial charge on any atom is 0.261 e. The first kappa shape index (κ1) is 18.6. The molecule has 0 bridgehead atoms. The lowest BCUT2D eigenvalue weighted by molar-refractivity contribution is -0.133. The second-order valence-corrected chi connectivity index (χ2v) is 8.26. The van der Waals surface area contributed by atoms with E-state index in [4.69, 9.17) is 5.21 Å². The summed E-state index contributed by atoms with van der Waals surface area (Å²) < 4.78 is 2.14. The third kappa shape index (κ3) is 3.53. The number of hydroxylamine groups is 1. The summed E-state index contributed by atoms with van der Waals surface area (Å²) in [4.78, 5) is 30.6. The fourth-order valence-corrected chi connectivity index (χ4v) is 4.81. The second kappa shape index (κ2) is 7.73. The van der Waals surface area contributed by atoms with Gasteiger partial charge in [-0.25, -0.2) is 10.5 Å². The average Bonchev–Trinajstić information content (AvgIpc) is 3.41. The van der Waals surface area contributed by atoms with E-state index in [0.717, 1.165) is 34.6 Å². The van der Waals surface area contributed by atoms with E-state index in [9.17, 15) is 9.59 Å². The molecule has 1 aliphatic carbocycles. The van der Waals surface area contributed by atoms with Crippen molar-refractivity contribution in [2.24, 2.45) is 5.92 Å². The van der Waals surface area contributed by atoms with Gasteiger partial charge in [-0.2, -0.15) is 0 Å². The van der Waals surface area contributed by atoms with E-state index in [-0.39, 0.29) is 17.9 Å². The molecule has 3 N–H and O–H groups in total. The molecule has 0 saturated heterocycles. The fourth-order valence-electron chi connectivity index (χ4n) is 3.91. The van der Waals surface area contributed by atoms with Crippen molar-refractivity contribution in [2.75, 3.05) is 0 Å². The molecule has 2 amide bonds. The maximum atomic E-state index is 12.6. The van der Waals surface area contributed by atoms with Crippen LogP contribution in [0.1, 0.15) is 39.6 Å². The Labute approximate surface area is 166 Å². The predicted molar refractivity (Wildman–Crippen MR) is 106 cm³/mol. The monoisotopic (exact) mass is 398 g/mol. The number of nitrogens with one attached hydrogen (secondary N) is 2. The zero-order valence-corrected chi connectivity index (χ0v) is 16.3. The molecule has 1 aliphatic rings. The van der Waals surface area contributed by atoms with Crippen molar-refractivity contribution in [2.45, 2.75) is 38.8 Å². The molecule has 4 rings (SSSR count). The van der Waals surface area contributed by atoms with Gasteiger partial charge < -0.3 is 9.88 Å². The Hall–Kier alpha value is -2.71. The Balaban J connectivity index is 1.47. The van der Waals surface area contributed by atoms with Gasteiger partial charge in [0.25, 0.3) is 5.91 Å². The number of hydrogen-bond donors (Lipinski definition) is 3. The van der Waals surface area contributed by atoms with Gasteiger partial charge in [-0.1, -0.05) is 18.6 Å². The minimum atomic E-state index is -0.433. The minimum Gasteiger partial charge on any atom is -0.348 e. The molecular weight excluding hydrogens is 376 g/mol. The molecular formula is C20H22N4O3S. The lowest BCUT2D eigenvalue weighted by atomic mass is 10.0. The van der Waals surface area contributed by atoms with Crippen LogP contribution < -0.4 is 10.8 Å². The topological polar surface area (TPSA) is 96.2 Å². The number of aryl methyl sites for hydroxylation is 1. The Bertz CT molecular complexity index is 1030.